The number of amides is 1. The number of hydrogen-bond acceptors (Lipinski definition) is 7. The van der Waals surface area contributed by atoms with E-state index in [4.69, 9.17) is 4.52 Å². The van der Waals surface area contributed by atoms with Gasteiger partial charge in [-0.15, -0.1) is 0 Å². The van der Waals surface area contributed by atoms with Crippen LogP contribution in [-0.2, 0) is 11.3 Å². The van der Waals surface area contributed by atoms with Gasteiger partial charge in [-0.25, -0.2) is 0 Å². The molecule has 3 heterocycles. The van der Waals surface area contributed by atoms with Gasteiger partial charge in [0.15, 0.2) is 0 Å². The first kappa shape index (κ1) is 17.2. The van der Waals surface area contributed by atoms with E-state index >= 15 is 0 Å². The summed E-state index contributed by atoms with van der Waals surface area (Å²) in [5.41, 5.74) is 1.72. The number of pyridine rings is 1. The molecule has 1 aliphatic rings. The Morgan fingerprint density at radius 3 is 2.89 bits per heavy atom. The second kappa shape index (κ2) is 7.96. The summed E-state index contributed by atoms with van der Waals surface area (Å²) in [6, 6.07) is 15.4. The zero-order valence-electron chi connectivity index (χ0n) is 14.7. The summed E-state index contributed by atoms with van der Waals surface area (Å²) in [5, 5.41) is 10.2. The molecule has 2 aromatic heterocycles. The number of nitrogens with one attached hydrogen (secondary N) is 2. The molecule has 1 atom stereocenters. The van der Waals surface area contributed by atoms with Gasteiger partial charge in [-0.1, -0.05) is 41.6 Å². The Labute approximate surface area is 156 Å². The number of carbonyl (C=O) groups is 1. The summed E-state index contributed by atoms with van der Waals surface area (Å²) in [7, 11) is 0. The van der Waals surface area contributed by atoms with E-state index in [-0.39, 0.29) is 11.9 Å². The van der Waals surface area contributed by atoms with Crippen molar-refractivity contribution in [1.82, 2.24) is 25.8 Å². The van der Waals surface area contributed by atoms with Crippen molar-refractivity contribution in [2.75, 3.05) is 24.5 Å². The predicted molar refractivity (Wildman–Crippen MR) is 99.8 cm³/mol. The summed E-state index contributed by atoms with van der Waals surface area (Å²) >= 11 is 0. The van der Waals surface area contributed by atoms with Crippen LogP contribution in [0.2, 0.25) is 0 Å². The highest BCUT2D eigenvalue weighted by Crippen LogP contribution is 2.20. The molecule has 1 aromatic carbocycles. The van der Waals surface area contributed by atoms with Gasteiger partial charge in [0.1, 0.15) is 6.04 Å². The van der Waals surface area contributed by atoms with E-state index in [2.05, 4.69) is 25.8 Å². The molecule has 0 radical (unpaired) electrons. The van der Waals surface area contributed by atoms with E-state index < -0.39 is 0 Å². The minimum Gasteiger partial charge on any atom is -0.349 e. The van der Waals surface area contributed by atoms with Crippen molar-refractivity contribution in [3.05, 3.63) is 60.4 Å². The molecule has 138 valence electrons. The molecule has 4 rings (SSSR count). The zero-order chi connectivity index (χ0) is 18.5. The maximum atomic E-state index is 12.5. The molecule has 3 aromatic rings. The Morgan fingerprint density at radius 2 is 2.07 bits per heavy atom. The first-order chi connectivity index (χ1) is 13.3. The smallest absolute Gasteiger partial charge is 0.324 e. The highest BCUT2D eigenvalue weighted by Gasteiger charge is 2.28. The first-order valence-electron chi connectivity index (χ1n) is 8.85. The van der Waals surface area contributed by atoms with Gasteiger partial charge in [0.2, 0.25) is 11.7 Å². The van der Waals surface area contributed by atoms with Crippen LogP contribution < -0.4 is 15.5 Å². The summed E-state index contributed by atoms with van der Waals surface area (Å²) in [4.78, 5) is 23.1. The fourth-order valence-corrected chi connectivity index (χ4v) is 2.95. The Kier molecular flexibility index (Phi) is 5.06. The average molecular weight is 364 g/mol. The van der Waals surface area contributed by atoms with Crippen LogP contribution in [0.15, 0.2) is 59.3 Å². The van der Waals surface area contributed by atoms with Crippen molar-refractivity contribution in [2.45, 2.75) is 12.6 Å². The lowest BCUT2D eigenvalue weighted by Gasteiger charge is -2.31. The molecule has 8 nitrogen and oxygen atoms in total. The lowest BCUT2D eigenvalue weighted by molar-refractivity contribution is -0.123. The van der Waals surface area contributed by atoms with Crippen LogP contribution in [0.4, 0.5) is 6.01 Å². The second-order valence-electron chi connectivity index (χ2n) is 6.26. The van der Waals surface area contributed by atoms with Gasteiger partial charge in [0.05, 0.1) is 12.2 Å². The molecule has 27 heavy (non-hydrogen) atoms. The third-order valence-corrected chi connectivity index (χ3v) is 4.38. The first-order valence-corrected chi connectivity index (χ1v) is 8.85. The molecule has 2 N–H and O–H groups in total. The summed E-state index contributed by atoms with van der Waals surface area (Å²) in [6.07, 6.45) is 1.71. The maximum Gasteiger partial charge on any atom is 0.324 e. The van der Waals surface area contributed by atoms with E-state index in [9.17, 15) is 4.79 Å². The van der Waals surface area contributed by atoms with Crippen LogP contribution in [0.1, 0.15) is 5.69 Å². The highest BCUT2D eigenvalue weighted by molar-refractivity contribution is 5.82. The van der Waals surface area contributed by atoms with Crippen molar-refractivity contribution in [2.24, 2.45) is 0 Å². The van der Waals surface area contributed by atoms with Gasteiger partial charge >= 0.3 is 6.01 Å². The molecule has 0 aliphatic carbocycles. The van der Waals surface area contributed by atoms with Gasteiger partial charge in [0, 0.05) is 31.4 Å². The Morgan fingerprint density at radius 1 is 1.22 bits per heavy atom. The Bertz CT molecular complexity index is 883. The SMILES string of the molecule is O=C(NCc1ccccn1)C1CN(c2nc(-c3ccccc3)no2)CCN1. The quantitative estimate of drug-likeness (QED) is 0.703. The van der Waals surface area contributed by atoms with E-state index in [0.717, 1.165) is 11.3 Å². The Balaban J connectivity index is 1.38. The highest BCUT2D eigenvalue weighted by atomic mass is 16.5. The van der Waals surface area contributed by atoms with Crippen molar-refractivity contribution < 1.29 is 9.32 Å². The van der Waals surface area contributed by atoms with Crippen LogP contribution in [0.5, 0.6) is 0 Å². The fourth-order valence-electron chi connectivity index (χ4n) is 2.95. The normalized spacial score (nSPS) is 16.9. The number of carbonyl (C=O) groups excluding carboxylic acids is 1. The molecule has 1 fully saturated rings. The monoisotopic (exact) mass is 364 g/mol. The second-order valence-corrected chi connectivity index (χ2v) is 6.26. The van der Waals surface area contributed by atoms with E-state index in [1.165, 1.54) is 0 Å². The summed E-state index contributed by atoms with van der Waals surface area (Å²) in [6.45, 7) is 2.21. The number of rotatable bonds is 5. The number of benzene rings is 1. The van der Waals surface area contributed by atoms with Crippen molar-refractivity contribution in [1.29, 1.82) is 0 Å². The van der Waals surface area contributed by atoms with E-state index in [0.29, 0.717) is 38.0 Å². The third-order valence-electron chi connectivity index (χ3n) is 4.38. The topological polar surface area (TPSA) is 96.2 Å². The van der Waals surface area contributed by atoms with Crippen molar-refractivity contribution >= 4 is 11.9 Å². The third kappa shape index (κ3) is 4.12. The van der Waals surface area contributed by atoms with Crippen LogP contribution in [0, 0.1) is 0 Å². The van der Waals surface area contributed by atoms with E-state index in [1.807, 2.05) is 53.4 Å². The predicted octanol–water partition coefficient (Wildman–Crippen LogP) is 1.23. The van der Waals surface area contributed by atoms with E-state index in [1.54, 1.807) is 6.20 Å². The molecule has 1 unspecified atom stereocenters. The number of hydrogen-bond donors (Lipinski definition) is 2. The van der Waals surface area contributed by atoms with Gasteiger partial charge in [-0.05, 0) is 12.1 Å². The molecule has 1 aliphatic heterocycles. The van der Waals surface area contributed by atoms with Gasteiger partial charge in [0.25, 0.3) is 0 Å². The van der Waals surface area contributed by atoms with Crippen molar-refractivity contribution in [3.8, 4) is 11.4 Å². The van der Waals surface area contributed by atoms with Crippen LogP contribution in [0.3, 0.4) is 0 Å². The zero-order valence-corrected chi connectivity index (χ0v) is 14.7. The molecular weight excluding hydrogens is 344 g/mol. The minimum atomic E-state index is -0.352. The van der Waals surface area contributed by atoms with Crippen LogP contribution >= 0.6 is 0 Å². The van der Waals surface area contributed by atoms with Crippen molar-refractivity contribution in [3.63, 3.8) is 0 Å². The number of nitrogens with zero attached hydrogens (tertiary/aromatic N) is 4. The van der Waals surface area contributed by atoms with Gasteiger partial charge < -0.3 is 20.1 Å². The summed E-state index contributed by atoms with van der Waals surface area (Å²) < 4.78 is 5.41. The largest absolute Gasteiger partial charge is 0.349 e. The maximum absolute atomic E-state index is 12.5. The molecule has 0 bridgehead atoms. The van der Waals surface area contributed by atoms with Gasteiger partial charge in [-0.3, -0.25) is 9.78 Å². The minimum absolute atomic E-state index is 0.0758. The molecule has 8 heteroatoms. The molecule has 0 saturated carbocycles. The fraction of sp³-hybridized carbons (Fsp3) is 0.263. The standard InChI is InChI=1S/C19H20N6O2/c26-18(22-12-15-8-4-5-9-20-15)16-13-25(11-10-21-16)19-23-17(24-27-19)14-6-2-1-3-7-14/h1-9,16,21H,10-13H2,(H,22,26). The lowest BCUT2D eigenvalue weighted by Crippen LogP contribution is -2.57. The number of anilines is 1. The number of aromatic nitrogens is 3. The number of piperazine rings is 1. The van der Waals surface area contributed by atoms with Gasteiger partial charge in [-0.2, -0.15) is 4.98 Å². The average Bonchev–Trinajstić information content (AvgIpc) is 3.24. The molecule has 1 saturated heterocycles. The lowest BCUT2D eigenvalue weighted by atomic mass is 10.2. The molecular formula is C19H20N6O2. The summed E-state index contributed by atoms with van der Waals surface area (Å²) in [5.74, 6) is 0.466. The Hall–Kier alpha value is -3.26. The van der Waals surface area contributed by atoms with Crippen LogP contribution in [0.25, 0.3) is 11.4 Å². The molecule has 0 spiro atoms. The van der Waals surface area contributed by atoms with Crippen LogP contribution in [-0.4, -0.2) is 46.7 Å². The molecule has 1 amide bonds.